The SMILES string of the molecule is COc1c(Cl)ccc(C2(N)CCCCC2)c1OC. The van der Waals surface area contributed by atoms with Gasteiger partial charge in [0, 0.05) is 11.1 Å². The van der Waals surface area contributed by atoms with Crippen LogP contribution in [0.5, 0.6) is 11.5 Å². The Morgan fingerprint density at radius 3 is 2.22 bits per heavy atom. The lowest BCUT2D eigenvalue weighted by Crippen LogP contribution is -2.39. The smallest absolute Gasteiger partial charge is 0.179 e. The predicted octanol–water partition coefficient (Wildman–Crippen LogP) is 3.48. The molecule has 2 N–H and O–H groups in total. The molecule has 0 unspecified atom stereocenters. The second-order valence-corrected chi connectivity index (χ2v) is 5.29. The maximum atomic E-state index is 6.55. The van der Waals surface area contributed by atoms with Gasteiger partial charge in [-0.2, -0.15) is 0 Å². The first kappa shape index (κ1) is 13.5. The number of halogens is 1. The van der Waals surface area contributed by atoms with Crippen molar-refractivity contribution in [1.82, 2.24) is 0 Å². The van der Waals surface area contributed by atoms with Gasteiger partial charge in [-0.1, -0.05) is 36.9 Å². The van der Waals surface area contributed by atoms with Crippen LogP contribution in [0, 0.1) is 0 Å². The van der Waals surface area contributed by atoms with Gasteiger partial charge >= 0.3 is 0 Å². The molecule has 1 aromatic carbocycles. The lowest BCUT2D eigenvalue weighted by atomic mass is 9.77. The van der Waals surface area contributed by atoms with E-state index in [1.807, 2.05) is 12.1 Å². The summed E-state index contributed by atoms with van der Waals surface area (Å²) in [6.07, 6.45) is 5.53. The molecule has 100 valence electrons. The van der Waals surface area contributed by atoms with Crippen molar-refractivity contribution in [3.05, 3.63) is 22.7 Å². The molecule has 0 bridgehead atoms. The van der Waals surface area contributed by atoms with Crippen molar-refractivity contribution in [2.75, 3.05) is 14.2 Å². The Bertz CT molecular complexity index is 428. The number of hydrogen-bond donors (Lipinski definition) is 1. The van der Waals surface area contributed by atoms with Crippen molar-refractivity contribution >= 4 is 11.6 Å². The van der Waals surface area contributed by atoms with E-state index in [1.54, 1.807) is 14.2 Å². The van der Waals surface area contributed by atoms with Crippen LogP contribution in [0.2, 0.25) is 5.02 Å². The summed E-state index contributed by atoms with van der Waals surface area (Å²) in [5.74, 6) is 1.25. The van der Waals surface area contributed by atoms with Crippen LogP contribution >= 0.6 is 11.6 Å². The first-order chi connectivity index (χ1) is 8.62. The van der Waals surface area contributed by atoms with E-state index in [1.165, 1.54) is 6.42 Å². The highest BCUT2D eigenvalue weighted by molar-refractivity contribution is 6.32. The largest absolute Gasteiger partial charge is 0.492 e. The minimum Gasteiger partial charge on any atom is -0.492 e. The lowest BCUT2D eigenvalue weighted by Gasteiger charge is -2.35. The van der Waals surface area contributed by atoms with E-state index in [4.69, 9.17) is 26.8 Å². The van der Waals surface area contributed by atoms with Gasteiger partial charge in [-0.25, -0.2) is 0 Å². The van der Waals surface area contributed by atoms with Crippen LogP contribution in [-0.2, 0) is 5.54 Å². The molecule has 0 aromatic heterocycles. The molecule has 2 rings (SSSR count). The zero-order valence-electron chi connectivity index (χ0n) is 11.0. The number of benzene rings is 1. The third-order valence-electron chi connectivity index (χ3n) is 3.75. The molecule has 0 spiro atoms. The minimum absolute atomic E-state index is 0.318. The normalized spacial score (nSPS) is 18.4. The zero-order chi connectivity index (χ0) is 13.2. The van der Waals surface area contributed by atoms with Crippen LogP contribution in [0.25, 0.3) is 0 Å². The average molecular weight is 270 g/mol. The number of ether oxygens (including phenoxy) is 2. The Balaban J connectivity index is 2.49. The molecular weight excluding hydrogens is 250 g/mol. The van der Waals surface area contributed by atoms with Crippen LogP contribution in [0.1, 0.15) is 37.7 Å². The van der Waals surface area contributed by atoms with Crippen molar-refractivity contribution in [3.63, 3.8) is 0 Å². The summed E-state index contributed by atoms with van der Waals surface area (Å²) >= 11 is 6.12. The van der Waals surface area contributed by atoms with Gasteiger partial charge in [0.15, 0.2) is 11.5 Å². The van der Waals surface area contributed by atoms with Crippen molar-refractivity contribution in [2.45, 2.75) is 37.6 Å². The summed E-state index contributed by atoms with van der Waals surface area (Å²) in [6, 6.07) is 3.80. The van der Waals surface area contributed by atoms with Gasteiger partial charge in [0.05, 0.1) is 19.2 Å². The van der Waals surface area contributed by atoms with Gasteiger partial charge in [0.25, 0.3) is 0 Å². The van der Waals surface area contributed by atoms with Crippen molar-refractivity contribution in [1.29, 1.82) is 0 Å². The topological polar surface area (TPSA) is 44.5 Å². The monoisotopic (exact) mass is 269 g/mol. The van der Waals surface area contributed by atoms with Crippen molar-refractivity contribution in [2.24, 2.45) is 5.73 Å². The van der Waals surface area contributed by atoms with E-state index >= 15 is 0 Å². The molecule has 1 saturated carbocycles. The van der Waals surface area contributed by atoms with Crippen LogP contribution in [0.15, 0.2) is 12.1 Å². The molecule has 1 aliphatic carbocycles. The van der Waals surface area contributed by atoms with Crippen LogP contribution in [0.4, 0.5) is 0 Å². The first-order valence-electron chi connectivity index (χ1n) is 6.32. The summed E-state index contributed by atoms with van der Waals surface area (Å²) in [7, 11) is 3.22. The standard InChI is InChI=1S/C14H20ClNO2/c1-17-12-10(6-7-11(15)13(12)18-2)14(16)8-4-3-5-9-14/h6-7H,3-5,8-9,16H2,1-2H3. The molecule has 18 heavy (non-hydrogen) atoms. The molecule has 0 saturated heterocycles. The van der Waals surface area contributed by atoms with E-state index in [0.29, 0.717) is 16.5 Å². The molecule has 0 amide bonds. The van der Waals surface area contributed by atoms with Gasteiger partial charge in [-0.15, -0.1) is 0 Å². The molecule has 0 radical (unpaired) electrons. The predicted molar refractivity (Wildman–Crippen MR) is 73.5 cm³/mol. The van der Waals surface area contributed by atoms with Crippen LogP contribution < -0.4 is 15.2 Å². The Morgan fingerprint density at radius 2 is 1.67 bits per heavy atom. The van der Waals surface area contributed by atoms with E-state index in [0.717, 1.165) is 31.2 Å². The number of nitrogens with two attached hydrogens (primary N) is 1. The maximum absolute atomic E-state index is 6.55. The fourth-order valence-electron chi connectivity index (χ4n) is 2.78. The Hall–Kier alpha value is -0.930. The van der Waals surface area contributed by atoms with Crippen molar-refractivity contribution < 1.29 is 9.47 Å². The van der Waals surface area contributed by atoms with Gasteiger partial charge in [0.2, 0.25) is 0 Å². The van der Waals surface area contributed by atoms with Crippen LogP contribution in [0.3, 0.4) is 0 Å². The van der Waals surface area contributed by atoms with E-state index < -0.39 is 0 Å². The first-order valence-corrected chi connectivity index (χ1v) is 6.70. The summed E-state index contributed by atoms with van der Waals surface area (Å²) in [5.41, 5.74) is 7.24. The molecule has 0 heterocycles. The second kappa shape index (κ2) is 5.37. The lowest BCUT2D eigenvalue weighted by molar-refractivity contribution is 0.282. The Labute approximate surface area is 113 Å². The number of rotatable bonds is 3. The quantitative estimate of drug-likeness (QED) is 0.914. The molecule has 1 aromatic rings. The highest BCUT2D eigenvalue weighted by atomic mass is 35.5. The number of hydrogen-bond acceptors (Lipinski definition) is 3. The molecule has 3 nitrogen and oxygen atoms in total. The van der Waals surface area contributed by atoms with Gasteiger partial charge in [0.1, 0.15) is 0 Å². The summed E-state index contributed by atoms with van der Waals surface area (Å²) in [6.45, 7) is 0. The summed E-state index contributed by atoms with van der Waals surface area (Å²) < 4.78 is 10.8. The van der Waals surface area contributed by atoms with E-state index in [9.17, 15) is 0 Å². The van der Waals surface area contributed by atoms with Crippen molar-refractivity contribution in [3.8, 4) is 11.5 Å². The molecule has 4 heteroatoms. The average Bonchev–Trinajstić information content (AvgIpc) is 2.38. The molecule has 1 aliphatic rings. The third kappa shape index (κ3) is 2.29. The summed E-state index contributed by atoms with van der Waals surface area (Å²) in [4.78, 5) is 0. The minimum atomic E-state index is -0.318. The second-order valence-electron chi connectivity index (χ2n) is 4.88. The Kier molecular flexibility index (Phi) is 4.03. The molecule has 0 atom stereocenters. The highest BCUT2D eigenvalue weighted by Crippen LogP contribution is 2.45. The van der Waals surface area contributed by atoms with E-state index in [2.05, 4.69) is 0 Å². The van der Waals surface area contributed by atoms with Crippen LogP contribution in [-0.4, -0.2) is 14.2 Å². The fraction of sp³-hybridized carbons (Fsp3) is 0.571. The van der Waals surface area contributed by atoms with Gasteiger partial charge in [-0.3, -0.25) is 0 Å². The molecule has 0 aliphatic heterocycles. The Morgan fingerprint density at radius 1 is 1.06 bits per heavy atom. The molecular formula is C14H20ClNO2. The highest BCUT2D eigenvalue weighted by Gasteiger charge is 2.33. The fourth-order valence-corrected chi connectivity index (χ4v) is 3.00. The zero-order valence-corrected chi connectivity index (χ0v) is 11.7. The van der Waals surface area contributed by atoms with Gasteiger partial charge in [-0.05, 0) is 18.9 Å². The van der Waals surface area contributed by atoms with E-state index in [-0.39, 0.29) is 5.54 Å². The molecule has 1 fully saturated rings. The maximum Gasteiger partial charge on any atom is 0.179 e. The summed E-state index contributed by atoms with van der Waals surface area (Å²) in [5, 5.41) is 0.553. The third-order valence-corrected chi connectivity index (χ3v) is 4.05. The number of methoxy groups -OCH3 is 2. The van der Waals surface area contributed by atoms with Gasteiger partial charge < -0.3 is 15.2 Å².